The number of anilines is 1. The van der Waals surface area contributed by atoms with Gasteiger partial charge in [0.2, 0.25) is 0 Å². The largest absolute Gasteiger partial charge is 0.507 e. The number of hydrogen-bond donors (Lipinski definition) is 3. The summed E-state index contributed by atoms with van der Waals surface area (Å²) in [6.07, 6.45) is 1.57. The molecule has 0 atom stereocenters. The molecule has 3 aromatic carbocycles. The molecule has 0 aliphatic rings. The lowest BCUT2D eigenvalue weighted by Crippen LogP contribution is -2.23. The molecule has 23 heavy (non-hydrogen) atoms. The summed E-state index contributed by atoms with van der Waals surface area (Å²) in [4.78, 5) is 0. The van der Waals surface area contributed by atoms with Gasteiger partial charge in [0.25, 0.3) is 0 Å². The van der Waals surface area contributed by atoms with Gasteiger partial charge in [-0.1, -0.05) is 48.5 Å². The van der Waals surface area contributed by atoms with Crippen LogP contribution in [0.2, 0.25) is 0 Å². The smallest absolute Gasteiger partial charge is 0.191 e. The quantitative estimate of drug-likeness (QED) is 0.389. The van der Waals surface area contributed by atoms with Crippen molar-refractivity contribution >= 4 is 40.0 Å². The van der Waals surface area contributed by atoms with Gasteiger partial charge in [-0.2, -0.15) is 5.10 Å². The molecule has 0 radical (unpaired) electrons. The molecule has 0 aliphatic heterocycles. The van der Waals surface area contributed by atoms with Crippen molar-refractivity contribution in [1.82, 2.24) is 5.43 Å². The highest BCUT2D eigenvalue weighted by Crippen LogP contribution is 2.25. The molecule has 0 saturated heterocycles. The van der Waals surface area contributed by atoms with E-state index in [1.807, 2.05) is 60.7 Å². The van der Waals surface area contributed by atoms with Gasteiger partial charge in [-0.15, -0.1) is 0 Å². The highest BCUT2D eigenvalue weighted by Gasteiger charge is 2.04. The number of fused-ring (bicyclic) bond motifs is 1. The lowest BCUT2D eigenvalue weighted by molar-refractivity contribution is 0.475. The van der Waals surface area contributed by atoms with Gasteiger partial charge in [-0.3, -0.25) is 5.43 Å². The maximum atomic E-state index is 10.0. The number of nitrogens with zero attached hydrogens (tertiary/aromatic N) is 1. The predicted molar refractivity (Wildman–Crippen MR) is 99.0 cm³/mol. The van der Waals surface area contributed by atoms with E-state index in [0.717, 1.165) is 16.5 Å². The van der Waals surface area contributed by atoms with E-state index in [9.17, 15) is 5.11 Å². The number of thiocarbonyl (C=S) groups is 1. The molecule has 3 rings (SSSR count). The van der Waals surface area contributed by atoms with Crippen molar-refractivity contribution in [3.05, 3.63) is 72.3 Å². The second kappa shape index (κ2) is 6.89. The van der Waals surface area contributed by atoms with E-state index in [0.29, 0.717) is 10.7 Å². The van der Waals surface area contributed by atoms with Crippen molar-refractivity contribution in [3.8, 4) is 5.75 Å². The summed E-state index contributed by atoms with van der Waals surface area (Å²) < 4.78 is 0. The van der Waals surface area contributed by atoms with Crippen LogP contribution in [-0.2, 0) is 0 Å². The number of para-hydroxylation sites is 1. The first kappa shape index (κ1) is 15.0. The SMILES string of the molecule is Oc1ccc2ccccc2c1/C=N\NC(=S)Nc1ccccc1. The van der Waals surface area contributed by atoms with E-state index in [1.54, 1.807) is 12.3 Å². The normalized spacial score (nSPS) is 10.8. The van der Waals surface area contributed by atoms with Gasteiger partial charge in [-0.25, -0.2) is 0 Å². The monoisotopic (exact) mass is 321 g/mol. The minimum Gasteiger partial charge on any atom is -0.507 e. The average Bonchev–Trinajstić information content (AvgIpc) is 2.58. The van der Waals surface area contributed by atoms with Crippen LogP contribution in [0.4, 0.5) is 5.69 Å². The number of aromatic hydroxyl groups is 1. The first-order valence-electron chi connectivity index (χ1n) is 7.10. The summed E-state index contributed by atoms with van der Waals surface area (Å²) in [7, 11) is 0. The fourth-order valence-electron chi connectivity index (χ4n) is 2.26. The van der Waals surface area contributed by atoms with Gasteiger partial charge < -0.3 is 10.4 Å². The van der Waals surface area contributed by atoms with E-state index in [2.05, 4.69) is 15.8 Å². The second-order valence-corrected chi connectivity index (χ2v) is 5.32. The number of nitrogens with one attached hydrogen (secondary N) is 2. The van der Waals surface area contributed by atoms with Crippen LogP contribution in [-0.4, -0.2) is 16.4 Å². The predicted octanol–water partition coefficient (Wildman–Crippen LogP) is 3.87. The molecule has 0 aromatic heterocycles. The molecule has 4 nitrogen and oxygen atoms in total. The van der Waals surface area contributed by atoms with Gasteiger partial charge in [-0.05, 0) is 41.2 Å². The molecule has 0 bridgehead atoms. The maximum Gasteiger partial charge on any atom is 0.191 e. The third-order valence-corrected chi connectivity index (χ3v) is 3.53. The minimum atomic E-state index is 0.177. The van der Waals surface area contributed by atoms with Crippen LogP contribution in [0.15, 0.2) is 71.8 Å². The Kier molecular flexibility index (Phi) is 4.49. The molecule has 0 aliphatic carbocycles. The molecule has 0 amide bonds. The Balaban J connectivity index is 1.73. The highest BCUT2D eigenvalue weighted by molar-refractivity contribution is 7.80. The fraction of sp³-hybridized carbons (Fsp3) is 0. The van der Waals surface area contributed by atoms with Crippen LogP contribution < -0.4 is 10.7 Å². The molecule has 3 N–H and O–H groups in total. The molecular formula is C18H15N3OS. The van der Waals surface area contributed by atoms with Crippen LogP contribution in [0.5, 0.6) is 5.75 Å². The summed E-state index contributed by atoms with van der Waals surface area (Å²) >= 11 is 5.18. The third-order valence-electron chi connectivity index (χ3n) is 3.34. The van der Waals surface area contributed by atoms with Crippen LogP contribution in [0.25, 0.3) is 10.8 Å². The van der Waals surface area contributed by atoms with E-state index >= 15 is 0 Å². The first-order chi connectivity index (χ1) is 11.2. The number of hydrogen-bond acceptors (Lipinski definition) is 3. The van der Waals surface area contributed by atoms with Crippen LogP contribution in [0.1, 0.15) is 5.56 Å². The standard InChI is InChI=1S/C18H15N3OS/c22-17-11-10-13-6-4-5-9-15(13)16(17)12-19-21-18(23)20-14-7-2-1-3-8-14/h1-12,22H,(H2,20,21,23)/b19-12-. The van der Waals surface area contributed by atoms with Gasteiger partial charge >= 0.3 is 0 Å². The minimum absolute atomic E-state index is 0.177. The van der Waals surface area contributed by atoms with Gasteiger partial charge in [0, 0.05) is 11.3 Å². The zero-order chi connectivity index (χ0) is 16.1. The summed E-state index contributed by atoms with van der Waals surface area (Å²) in [5.41, 5.74) is 4.28. The molecule has 0 fully saturated rings. The summed E-state index contributed by atoms with van der Waals surface area (Å²) in [5.74, 6) is 0.177. The Hall–Kier alpha value is -2.92. The average molecular weight is 321 g/mol. The number of hydrazone groups is 1. The Morgan fingerprint density at radius 3 is 2.52 bits per heavy atom. The molecule has 0 spiro atoms. The van der Waals surface area contributed by atoms with Crippen molar-refractivity contribution in [3.63, 3.8) is 0 Å². The van der Waals surface area contributed by atoms with Gasteiger partial charge in [0.1, 0.15) is 5.75 Å². The number of rotatable bonds is 3. The Bertz CT molecular complexity index is 863. The Morgan fingerprint density at radius 2 is 1.70 bits per heavy atom. The van der Waals surface area contributed by atoms with Crippen LogP contribution >= 0.6 is 12.2 Å². The van der Waals surface area contributed by atoms with E-state index < -0.39 is 0 Å². The van der Waals surface area contributed by atoms with Crippen molar-refractivity contribution in [2.24, 2.45) is 5.10 Å². The number of benzene rings is 3. The summed E-state index contributed by atoms with van der Waals surface area (Å²) in [6, 6.07) is 20.9. The fourth-order valence-corrected chi connectivity index (χ4v) is 2.43. The summed E-state index contributed by atoms with van der Waals surface area (Å²) in [5, 5.41) is 19.5. The maximum absolute atomic E-state index is 10.0. The molecule has 3 aromatic rings. The molecule has 0 unspecified atom stereocenters. The van der Waals surface area contributed by atoms with Gasteiger partial charge in [0.15, 0.2) is 5.11 Å². The Morgan fingerprint density at radius 1 is 0.957 bits per heavy atom. The zero-order valence-electron chi connectivity index (χ0n) is 12.2. The van der Waals surface area contributed by atoms with E-state index in [1.165, 1.54) is 0 Å². The number of phenols is 1. The van der Waals surface area contributed by atoms with E-state index in [-0.39, 0.29) is 5.75 Å². The lowest BCUT2D eigenvalue weighted by Gasteiger charge is -2.07. The van der Waals surface area contributed by atoms with Crippen molar-refractivity contribution in [2.45, 2.75) is 0 Å². The second-order valence-electron chi connectivity index (χ2n) is 4.91. The molecule has 0 saturated carbocycles. The topological polar surface area (TPSA) is 56.7 Å². The van der Waals surface area contributed by atoms with E-state index in [4.69, 9.17) is 12.2 Å². The molecule has 5 heteroatoms. The molecule has 114 valence electrons. The molecule has 0 heterocycles. The van der Waals surface area contributed by atoms with Crippen molar-refractivity contribution < 1.29 is 5.11 Å². The highest BCUT2D eigenvalue weighted by atomic mass is 32.1. The number of phenolic OH excluding ortho intramolecular Hbond substituents is 1. The van der Waals surface area contributed by atoms with Crippen molar-refractivity contribution in [2.75, 3.05) is 5.32 Å². The summed E-state index contributed by atoms with van der Waals surface area (Å²) in [6.45, 7) is 0. The van der Waals surface area contributed by atoms with Gasteiger partial charge in [0.05, 0.1) is 6.21 Å². The first-order valence-corrected chi connectivity index (χ1v) is 7.51. The lowest BCUT2D eigenvalue weighted by atomic mass is 10.0. The third kappa shape index (κ3) is 3.64. The molecular weight excluding hydrogens is 306 g/mol. The Labute approximate surface area is 139 Å². The zero-order valence-corrected chi connectivity index (χ0v) is 13.0. The van der Waals surface area contributed by atoms with Crippen LogP contribution in [0.3, 0.4) is 0 Å². The van der Waals surface area contributed by atoms with Crippen molar-refractivity contribution in [1.29, 1.82) is 0 Å². The van der Waals surface area contributed by atoms with Crippen LogP contribution in [0, 0.1) is 0 Å².